The van der Waals surface area contributed by atoms with Gasteiger partial charge in [-0.2, -0.15) is 4.98 Å². The molecule has 1 aromatic heterocycles. The highest BCUT2D eigenvalue weighted by Crippen LogP contribution is 2.45. The molecule has 1 saturated carbocycles. The molecule has 1 aliphatic rings. The van der Waals surface area contributed by atoms with Crippen molar-refractivity contribution in [2.45, 2.75) is 50.8 Å². The minimum Gasteiger partial charge on any atom is -0.598 e. The van der Waals surface area contributed by atoms with Crippen LogP contribution in [-0.4, -0.2) is 19.4 Å². The molecule has 0 amide bonds. The highest BCUT2D eigenvalue weighted by Gasteiger charge is 2.50. The summed E-state index contributed by atoms with van der Waals surface area (Å²) in [4.78, 5) is 4.11. The molecule has 0 aliphatic heterocycles. The summed E-state index contributed by atoms with van der Waals surface area (Å²) in [6.07, 6.45) is 3.54. The Hall–Kier alpha value is -0.590. The first-order valence-electron chi connectivity index (χ1n) is 5.80. The van der Waals surface area contributed by atoms with Gasteiger partial charge in [-0.25, -0.2) is 0 Å². The maximum atomic E-state index is 12.2. The highest BCUT2D eigenvalue weighted by molar-refractivity contribution is 7.90. The van der Waals surface area contributed by atoms with Crippen molar-refractivity contribution in [3.05, 3.63) is 12.2 Å². The molecule has 2 rings (SSSR count). The van der Waals surface area contributed by atoms with Crippen molar-refractivity contribution in [3.63, 3.8) is 0 Å². The topological polar surface area (TPSA) is 74.0 Å². The first kappa shape index (κ1) is 12.9. The molecule has 0 saturated heterocycles. The van der Waals surface area contributed by atoms with Gasteiger partial charge in [0.2, 0.25) is 6.39 Å². The fourth-order valence-electron chi connectivity index (χ4n) is 1.72. The van der Waals surface area contributed by atoms with Gasteiger partial charge in [-0.1, -0.05) is 5.16 Å². The molecule has 1 aliphatic carbocycles. The van der Waals surface area contributed by atoms with E-state index in [-0.39, 0.29) is 4.75 Å². The molecule has 1 N–H and O–H groups in total. The van der Waals surface area contributed by atoms with Crippen LogP contribution in [0.3, 0.4) is 0 Å². The number of nitrogens with one attached hydrogen (secondary N) is 1. The second-order valence-corrected chi connectivity index (χ2v) is 7.68. The van der Waals surface area contributed by atoms with Crippen LogP contribution in [0.4, 0.5) is 0 Å². The smallest absolute Gasteiger partial charge is 0.213 e. The van der Waals surface area contributed by atoms with E-state index in [0.717, 1.165) is 12.8 Å². The van der Waals surface area contributed by atoms with Gasteiger partial charge < -0.3 is 9.08 Å². The van der Waals surface area contributed by atoms with Gasteiger partial charge in [0.15, 0.2) is 5.82 Å². The van der Waals surface area contributed by atoms with Crippen LogP contribution >= 0.6 is 0 Å². The largest absolute Gasteiger partial charge is 0.598 e. The van der Waals surface area contributed by atoms with Crippen molar-refractivity contribution in [1.29, 1.82) is 0 Å². The average Bonchev–Trinajstić information content (AvgIpc) is 2.92. The predicted octanol–water partition coefficient (Wildman–Crippen LogP) is 1.75. The number of rotatable bonds is 4. The fraction of sp³-hybridized carbons (Fsp3) is 0.818. The lowest BCUT2D eigenvalue weighted by molar-refractivity contribution is 0.324. The molecule has 0 radical (unpaired) electrons. The summed E-state index contributed by atoms with van der Waals surface area (Å²) >= 11 is -1.14. The Kier molecular flexibility index (Phi) is 3.22. The molecular weight excluding hydrogens is 238 g/mol. The second kappa shape index (κ2) is 4.26. The van der Waals surface area contributed by atoms with Crippen LogP contribution in [0.2, 0.25) is 0 Å². The lowest BCUT2D eigenvalue weighted by Gasteiger charge is -2.32. The standard InChI is InChI=1S/C11H19N3O2S/c1-10(2,3)17(15)14-11(4,8-5-6-8)9-12-7-16-13-9/h7-8,14H,5-6H2,1-4H3/t11?,17-/m0/s1. The number of hydrogen-bond donors (Lipinski definition) is 1. The maximum absolute atomic E-state index is 12.2. The molecule has 1 aromatic rings. The van der Waals surface area contributed by atoms with Gasteiger partial charge in [0.05, 0.1) is 0 Å². The molecule has 1 fully saturated rings. The van der Waals surface area contributed by atoms with Crippen molar-refractivity contribution in [2.75, 3.05) is 0 Å². The number of nitrogens with zero attached hydrogens (tertiary/aromatic N) is 2. The molecule has 1 unspecified atom stereocenters. The van der Waals surface area contributed by atoms with Gasteiger partial charge >= 0.3 is 0 Å². The van der Waals surface area contributed by atoms with Gasteiger partial charge in [0.1, 0.15) is 10.3 Å². The maximum Gasteiger partial charge on any atom is 0.213 e. The van der Waals surface area contributed by atoms with Crippen LogP contribution < -0.4 is 4.72 Å². The van der Waals surface area contributed by atoms with Crippen LogP contribution in [0.15, 0.2) is 10.9 Å². The number of aromatic nitrogens is 2. The molecule has 1 heterocycles. The fourth-order valence-corrected chi connectivity index (χ4v) is 2.67. The van der Waals surface area contributed by atoms with Crippen molar-refractivity contribution in [1.82, 2.24) is 14.9 Å². The van der Waals surface area contributed by atoms with Crippen LogP contribution in [0, 0.1) is 5.92 Å². The first-order valence-corrected chi connectivity index (χ1v) is 6.95. The summed E-state index contributed by atoms with van der Waals surface area (Å²) in [6, 6.07) is 0. The highest BCUT2D eigenvalue weighted by atomic mass is 32.2. The SMILES string of the molecule is CC(N[S@@+]([O-])C(C)(C)C)(c1ncon1)C1CC1. The normalized spacial score (nSPS) is 22.2. The molecule has 96 valence electrons. The zero-order valence-corrected chi connectivity index (χ0v) is 11.5. The van der Waals surface area contributed by atoms with Gasteiger partial charge in [0.25, 0.3) is 0 Å². The van der Waals surface area contributed by atoms with Gasteiger partial charge in [0, 0.05) is 11.4 Å². The summed E-state index contributed by atoms with van der Waals surface area (Å²) < 4.78 is 19.9. The van der Waals surface area contributed by atoms with Crippen molar-refractivity contribution in [2.24, 2.45) is 5.92 Å². The van der Waals surface area contributed by atoms with Gasteiger partial charge in [-0.05, 0) is 46.5 Å². The zero-order chi connectivity index (χ0) is 12.7. The molecule has 17 heavy (non-hydrogen) atoms. The van der Waals surface area contributed by atoms with Crippen LogP contribution in [-0.2, 0) is 16.9 Å². The molecule has 2 atom stereocenters. The average molecular weight is 257 g/mol. The van der Waals surface area contributed by atoms with E-state index in [2.05, 4.69) is 14.9 Å². The Morgan fingerprint density at radius 3 is 2.47 bits per heavy atom. The van der Waals surface area contributed by atoms with E-state index in [0.29, 0.717) is 11.7 Å². The Morgan fingerprint density at radius 1 is 1.41 bits per heavy atom. The summed E-state index contributed by atoms with van der Waals surface area (Å²) in [5, 5.41) is 3.90. The van der Waals surface area contributed by atoms with Crippen LogP contribution in [0.1, 0.15) is 46.4 Å². The van der Waals surface area contributed by atoms with Crippen molar-refractivity contribution >= 4 is 11.4 Å². The first-order chi connectivity index (χ1) is 7.84. The monoisotopic (exact) mass is 257 g/mol. The van der Waals surface area contributed by atoms with E-state index in [1.165, 1.54) is 6.39 Å². The Bertz CT molecular complexity index is 373. The van der Waals surface area contributed by atoms with E-state index >= 15 is 0 Å². The van der Waals surface area contributed by atoms with E-state index in [1.807, 2.05) is 27.7 Å². The summed E-state index contributed by atoms with van der Waals surface area (Å²) in [6.45, 7) is 7.83. The molecular formula is C11H19N3O2S. The second-order valence-electron chi connectivity index (χ2n) is 5.71. The Morgan fingerprint density at radius 2 is 2.06 bits per heavy atom. The summed E-state index contributed by atoms with van der Waals surface area (Å²) in [5.41, 5.74) is -0.453. The third kappa shape index (κ3) is 2.64. The lowest BCUT2D eigenvalue weighted by atomic mass is 9.97. The molecule has 0 spiro atoms. The van der Waals surface area contributed by atoms with Crippen LogP contribution in [0.25, 0.3) is 0 Å². The van der Waals surface area contributed by atoms with Gasteiger partial charge in [-0.15, -0.1) is 4.72 Å². The van der Waals surface area contributed by atoms with Crippen molar-refractivity contribution in [3.8, 4) is 0 Å². The minimum absolute atomic E-state index is 0.306. The molecule has 5 nitrogen and oxygen atoms in total. The third-order valence-electron chi connectivity index (χ3n) is 3.08. The van der Waals surface area contributed by atoms with E-state index in [1.54, 1.807) is 0 Å². The Labute approximate surface area is 105 Å². The Balaban J connectivity index is 2.18. The summed E-state index contributed by atoms with van der Waals surface area (Å²) in [7, 11) is 0. The quantitative estimate of drug-likeness (QED) is 0.832. The zero-order valence-electron chi connectivity index (χ0n) is 10.7. The minimum atomic E-state index is -1.14. The van der Waals surface area contributed by atoms with Gasteiger partial charge in [-0.3, -0.25) is 0 Å². The van der Waals surface area contributed by atoms with Crippen LogP contribution in [0.5, 0.6) is 0 Å². The summed E-state index contributed by atoms with van der Waals surface area (Å²) in [5.74, 6) is 1.03. The third-order valence-corrected chi connectivity index (χ3v) is 4.80. The molecule has 6 heteroatoms. The number of hydrogen-bond acceptors (Lipinski definition) is 5. The van der Waals surface area contributed by atoms with E-state index in [4.69, 9.17) is 4.52 Å². The van der Waals surface area contributed by atoms with Crippen molar-refractivity contribution < 1.29 is 9.08 Å². The molecule has 0 bridgehead atoms. The van der Waals surface area contributed by atoms with E-state index < -0.39 is 16.9 Å². The molecule has 0 aromatic carbocycles. The lowest BCUT2D eigenvalue weighted by Crippen LogP contribution is -2.51. The van der Waals surface area contributed by atoms with E-state index in [9.17, 15) is 4.55 Å². The predicted molar refractivity (Wildman–Crippen MR) is 65.4 cm³/mol.